The molecule has 2 heterocycles. The molecular formula is C19H17FN4OS. The van der Waals surface area contributed by atoms with E-state index >= 15 is 0 Å². The van der Waals surface area contributed by atoms with Crippen LogP contribution in [0.2, 0.25) is 0 Å². The lowest BCUT2D eigenvalue weighted by atomic mass is 10.1. The minimum Gasteiger partial charge on any atom is -0.483 e. The van der Waals surface area contributed by atoms with Gasteiger partial charge < -0.3 is 4.74 Å². The Balaban J connectivity index is 1.57. The number of aromatic nitrogens is 4. The van der Waals surface area contributed by atoms with E-state index in [-0.39, 0.29) is 11.9 Å². The number of halogens is 1. The van der Waals surface area contributed by atoms with Crippen molar-refractivity contribution in [3.8, 4) is 5.75 Å². The topological polar surface area (TPSA) is 52.3 Å². The summed E-state index contributed by atoms with van der Waals surface area (Å²) in [6.45, 7) is 3.99. The van der Waals surface area contributed by atoms with Gasteiger partial charge in [0, 0.05) is 6.42 Å². The summed E-state index contributed by atoms with van der Waals surface area (Å²) in [6, 6.07) is 14.2. The quantitative estimate of drug-likeness (QED) is 0.525. The van der Waals surface area contributed by atoms with Crippen molar-refractivity contribution in [1.29, 1.82) is 0 Å². The van der Waals surface area contributed by atoms with Crippen molar-refractivity contribution < 1.29 is 9.13 Å². The monoisotopic (exact) mass is 368 g/mol. The fraction of sp³-hybridized carbons (Fsp3) is 0.211. The number of fused-ring (bicyclic) bond motifs is 1. The van der Waals surface area contributed by atoms with Crippen molar-refractivity contribution in [2.45, 2.75) is 26.4 Å². The molecule has 0 amide bonds. The number of nitrogens with zero attached hydrogens (tertiary/aromatic N) is 4. The Bertz CT molecular complexity index is 1040. The minimum absolute atomic E-state index is 0.265. The molecule has 1 atom stereocenters. The molecule has 0 radical (unpaired) electrons. The van der Waals surface area contributed by atoms with E-state index in [4.69, 9.17) is 4.74 Å². The zero-order chi connectivity index (χ0) is 18.1. The maximum atomic E-state index is 13.0. The third-order valence-corrected chi connectivity index (χ3v) is 5.22. The van der Waals surface area contributed by atoms with Gasteiger partial charge in [0.25, 0.3) is 0 Å². The van der Waals surface area contributed by atoms with Gasteiger partial charge >= 0.3 is 0 Å². The second kappa shape index (κ2) is 6.84. The predicted molar refractivity (Wildman–Crippen MR) is 98.1 cm³/mol. The fourth-order valence-electron chi connectivity index (χ4n) is 2.69. The summed E-state index contributed by atoms with van der Waals surface area (Å²) in [7, 11) is 0. The average Bonchev–Trinajstić information content (AvgIpc) is 3.21. The molecule has 0 saturated heterocycles. The summed E-state index contributed by atoms with van der Waals surface area (Å²) in [4.78, 5) is 0.734. The van der Waals surface area contributed by atoms with Crippen molar-refractivity contribution >= 4 is 16.3 Å². The molecule has 2 aromatic heterocycles. The first-order valence-electron chi connectivity index (χ1n) is 8.28. The summed E-state index contributed by atoms with van der Waals surface area (Å²) in [5.74, 6) is 1.11. The molecule has 5 nitrogen and oxygen atoms in total. The third kappa shape index (κ3) is 3.30. The molecule has 0 aliphatic heterocycles. The van der Waals surface area contributed by atoms with Crippen LogP contribution in [0.5, 0.6) is 5.75 Å². The molecule has 1 unspecified atom stereocenters. The van der Waals surface area contributed by atoms with Crippen LogP contribution in [-0.2, 0) is 6.42 Å². The van der Waals surface area contributed by atoms with Gasteiger partial charge in [0.05, 0.1) is 0 Å². The number of hydrogen-bond acceptors (Lipinski definition) is 5. The first-order valence-corrected chi connectivity index (χ1v) is 9.09. The minimum atomic E-state index is -0.287. The Morgan fingerprint density at radius 3 is 2.65 bits per heavy atom. The van der Waals surface area contributed by atoms with Gasteiger partial charge in [0.1, 0.15) is 17.7 Å². The van der Waals surface area contributed by atoms with E-state index in [2.05, 4.69) is 34.4 Å². The Morgan fingerprint density at radius 2 is 1.88 bits per heavy atom. The molecular weight excluding hydrogens is 351 g/mol. The summed E-state index contributed by atoms with van der Waals surface area (Å²) < 4.78 is 20.6. The van der Waals surface area contributed by atoms with Crippen LogP contribution in [0.3, 0.4) is 0 Å². The highest BCUT2D eigenvalue weighted by molar-refractivity contribution is 7.16. The Kier molecular flexibility index (Phi) is 4.38. The Morgan fingerprint density at radius 1 is 1.12 bits per heavy atom. The van der Waals surface area contributed by atoms with Gasteiger partial charge in [0.2, 0.25) is 4.96 Å². The average molecular weight is 368 g/mol. The molecule has 0 bridgehead atoms. The van der Waals surface area contributed by atoms with Crippen LogP contribution in [-0.4, -0.2) is 19.8 Å². The van der Waals surface area contributed by atoms with E-state index < -0.39 is 0 Å². The standard InChI is InChI=1S/C19H17FN4OS/c1-12-5-3-4-6-14(12)11-17-21-22-19-24(17)23-18(26-19)13(2)25-16-9-7-15(20)8-10-16/h3-10,13H,11H2,1-2H3. The van der Waals surface area contributed by atoms with E-state index in [1.807, 2.05) is 19.1 Å². The van der Waals surface area contributed by atoms with E-state index in [0.29, 0.717) is 12.2 Å². The van der Waals surface area contributed by atoms with Crippen LogP contribution < -0.4 is 4.74 Å². The van der Waals surface area contributed by atoms with E-state index in [0.717, 1.165) is 15.8 Å². The van der Waals surface area contributed by atoms with Crippen molar-refractivity contribution in [3.05, 3.63) is 76.3 Å². The second-order valence-electron chi connectivity index (χ2n) is 6.07. The number of aryl methyl sites for hydroxylation is 1. The Hall–Kier alpha value is -2.80. The molecule has 4 aromatic rings. The van der Waals surface area contributed by atoms with Gasteiger partial charge in [-0.1, -0.05) is 35.6 Å². The molecule has 7 heteroatoms. The van der Waals surface area contributed by atoms with Crippen LogP contribution >= 0.6 is 11.3 Å². The lowest BCUT2D eigenvalue weighted by Gasteiger charge is -2.11. The van der Waals surface area contributed by atoms with Crippen molar-refractivity contribution in [2.24, 2.45) is 0 Å². The molecule has 132 valence electrons. The van der Waals surface area contributed by atoms with E-state index in [9.17, 15) is 4.39 Å². The number of ether oxygens (including phenoxy) is 1. The van der Waals surface area contributed by atoms with Crippen LogP contribution in [0.25, 0.3) is 4.96 Å². The molecule has 0 N–H and O–H groups in total. The normalized spacial score (nSPS) is 12.4. The van der Waals surface area contributed by atoms with Crippen LogP contribution in [0.4, 0.5) is 4.39 Å². The van der Waals surface area contributed by atoms with Gasteiger partial charge in [-0.3, -0.25) is 0 Å². The number of hydrogen-bond donors (Lipinski definition) is 0. The third-order valence-electron chi connectivity index (χ3n) is 4.16. The molecule has 2 aromatic carbocycles. The first kappa shape index (κ1) is 16.7. The maximum absolute atomic E-state index is 13.0. The van der Waals surface area contributed by atoms with Crippen molar-refractivity contribution in [2.75, 3.05) is 0 Å². The molecule has 0 spiro atoms. The summed E-state index contributed by atoms with van der Waals surface area (Å²) in [5.41, 5.74) is 2.42. The predicted octanol–water partition coefficient (Wildman–Crippen LogP) is 4.36. The van der Waals surface area contributed by atoms with Crippen LogP contribution in [0.15, 0.2) is 48.5 Å². The van der Waals surface area contributed by atoms with E-state index in [1.165, 1.54) is 34.6 Å². The molecule has 0 aliphatic carbocycles. The van der Waals surface area contributed by atoms with Crippen LogP contribution in [0.1, 0.15) is 35.0 Å². The smallest absolute Gasteiger partial charge is 0.234 e. The number of rotatable bonds is 5. The summed E-state index contributed by atoms with van der Waals surface area (Å²) in [6.07, 6.45) is 0.406. The molecule has 0 fully saturated rings. The highest BCUT2D eigenvalue weighted by atomic mass is 32.1. The van der Waals surface area contributed by atoms with E-state index in [1.54, 1.807) is 16.6 Å². The lowest BCUT2D eigenvalue weighted by Crippen LogP contribution is -2.05. The molecule has 4 rings (SSSR count). The summed E-state index contributed by atoms with van der Waals surface area (Å²) >= 11 is 1.44. The first-order chi connectivity index (χ1) is 12.6. The zero-order valence-corrected chi connectivity index (χ0v) is 15.2. The highest BCUT2D eigenvalue weighted by Crippen LogP contribution is 2.26. The lowest BCUT2D eigenvalue weighted by molar-refractivity contribution is 0.224. The van der Waals surface area contributed by atoms with Gasteiger partial charge in [-0.25, -0.2) is 4.39 Å². The SMILES string of the molecule is Cc1ccccc1Cc1nnc2sc(C(C)Oc3ccc(F)cc3)nn12. The van der Waals surface area contributed by atoms with Crippen LogP contribution in [0, 0.1) is 12.7 Å². The largest absolute Gasteiger partial charge is 0.483 e. The van der Waals surface area contributed by atoms with Crippen molar-refractivity contribution in [1.82, 2.24) is 19.8 Å². The van der Waals surface area contributed by atoms with Gasteiger partial charge in [-0.05, 0) is 49.2 Å². The summed E-state index contributed by atoms with van der Waals surface area (Å²) in [5, 5.41) is 13.9. The van der Waals surface area contributed by atoms with Crippen molar-refractivity contribution in [3.63, 3.8) is 0 Å². The second-order valence-corrected chi connectivity index (χ2v) is 7.06. The number of benzene rings is 2. The molecule has 26 heavy (non-hydrogen) atoms. The van der Waals surface area contributed by atoms with Gasteiger partial charge in [-0.2, -0.15) is 9.61 Å². The Labute approximate surface area is 154 Å². The highest BCUT2D eigenvalue weighted by Gasteiger charge is 2.18. The van der Waals surface area contributed by atoms with Gasteiger partial charge in [0.15, 0.2) is 10.8 Å². The zero-order valence-electron chi connectivity index (χ0n) is 14.4. The molecule has 0 saturated carbocycles. The molecule has 0 aliphatic rings. The maximum Gasteiger partial charge on any atom is 0.234 e. The van der Waals surface area contributed by atoms with Gasteiger partial charge in [-0.15, -0.1) is 10.2 Å². The fourth-order valence-corrected chi connectivity index (χ4v) is 3.53.